The summed E-state index contributed by atoms with van der Waals surface area (Å²) in [5.41, 5.74) is 2.33. The van der Waals surface area contributed by atoms with E-state index < -0.39 is 11.6 Å². The van der Waals surface area contributed by atoms with Gasteiger partial charge in [0.1, 0.15) is 17.9 Å². The summed E-state index contributed by atoms with van der Waals surface area (Å²) in [5.74, 6) is -0.310. The van der Waals surface area contributed by atoms with Crippen molar-refractivity contribution in [3.05, 3.63) is 87.3 Å². The van der Waals surface area contributed by atoms with Gasteiger partial charge in [-0.05, 0) is 24.1 Å². The van der Waals surface area contributed by atoms with Crippen molar-refractivity contribution in [3.8, 4) is 5.75 Å². The molecule has 6 heteroatoms. The molecule has 0 atom stereocenters. The molecule has 0 bridgehead atoms. The third kappa shape index (κ3) is 4.43. The standard InChI is InChI=1S/C22H19ClO5/c1-3-9-26-21(24)13-27-20-12-19-16(11-18(20)23)14(2)17(22(25)28-19)10-15-7-5-4-6-8-15/h3-8,11-12H,1,9-10,13H2,2H3. The minimum absolute atomic E-state index is 0.103. The van der Waals surface area contributed by atoms with E-state index in [1.54, 1.807) is 6.07 Å². The highest BCUT2D eigenvalue weighted by Crippen LogP contribution is 2.32. The molecule has 0 spiro atoms. The number of aryl methyl sites for hydroxylation is 1. The second kappa shape index (κ2) is 8.76. The van der Waals surface area contributed by atoms with E-state index in [1.807, 2.05) is 37.3 Å². The van der Waals surface area contributed by atoms with Crippen LogP contribution in [-0.4, -0.2) is 19.2 Å². The van der Waals surface area contributed by atoms with Gasteiger partial charge >= 0.3 is 11.6 Å². The number of halogens is 1. The monoisotopic (exact) mass is 398 g/mol. The average Bonchev–Trinajstić information content (AvgIpc) is 2.69. The molecule has 0 aliphatic rings. The largest absolute Gasteiger partial charge is 0.480 e. The summed E-state index contributed by atoms with van der Waals surface area (Å²) in [6, 6.07) is 12.9. The van der Waals surface area contributed by atoms with Crippen LogP contribution in [0.2, 0.25) is 5.02 Å². The van der Waals surface area contributed by atoms with E-state index in [-0.39, 0.29) is 19.0 Å². The summed E-state index contributed by atoms with van der Waals surface area (Å²) < 4.78 is 15.7. The third-order valence-corrected chi connectivity index (χ3v) is 4.57. The van der Waals surface area contributed by atoms with Gasteiger partial charge in [0.05, 0.1) is 5.02 Å². The molecular weight excluding hydrogens is 380 g/mol. The van der Waals surface area contributed by atoms with Gasteiger partial charge in [-0.1, -0.05) is 54.6 Å². The van der Waals surface area contributed by atoms with Crippen LogP contribution in [0.25, 0.3) is 11.0 Å². The van der Waals surface area contributed by atoms with Crippen molar-refractivity contribution >= 4 is 28.5 Å². The van der Waals surface area contributed by atoms with Crippen LogP contribution in [0, 0.1) is 6.92 Å². The Hall–Kier alpha value is -3.05. The molecule has 2 aromatic carbocycles. The zero-order valence-corrected chi connectivity index (χ0v) is 16.1. The summed E-state index contributed by atoms with van der Waals surface area (Å²) >= 11 is 6.30. The summed E-state index contributed by atoms with van der Waals surface area (Å²) in [5, 5.41) is 1.03. The highest BCUT2D eigenvalue weighted by molar-refractivity contribution is 6.32. The minimum Gasteiger partial charge on any atom is -0.480 e. The smallest absolute Gasteiger partial charge is 0.344 e. The molecule has 0 saturated heterocycles. The first-order chi connectivity index (χ1) is 13.5. The molecule has 1 heterocycles. The van der Waals surface area contributed by atoms with Gasteiger partial charge in [0.15, 0.2) is 6.61 Å². The van der Waals surface area contributed by atoms with Gasteiger partial charge in [-0.15, -0.1) is 0 Å². The molecule has 144 valence electrons. The molecule has 3 aromatic rings. The number of hydrogen-bond acceptors (Lipinski definition) is 5. The van der Waals surface area contributed by atoms with Crippen molar-refractivity contribution < 1.29 is 18.7 Å². The van der Waals surface area contributed by atoms with Crippen molar-refractivity contribution in [1.29, 1.82) is 0 Å². The molecular formula is C22H19ClO5. The van der Waals surface area contributed by atoms with Gasteiger partial charge in [0.25, 0.3) is 0 Å². The topological polar surface area (TPSA) is 65.7 Å². The van der Waals surface area contributed by atoms with E-state index in [9.17, 15) is 9.59 Å². The van der Waals surface area contributed by atoms with Gasteiger partial charge < -0.3 is 13.9 Å². The van der Waals surface area contributed by atoms with Crippen LogP contribution in [0.3, 0.4) is 0 Å². The molecule has 3 rings (SSSR count). The fourth-order valence-electron chi connectivity index (χ4n) is 2.83. The molecule has 0 unspecified atom stereocenters. The third-order valence-electron chi connectivity index (χ3n) is 4.27. The molecule has 0 saturated carbocycles. The Morgan fingerprint density at radius 1 is 1.25 bits per heavy atom. The van der Waals surface area contributed by atoms with Crippen molar-refractivity contribution in [1.82, 2.24) is 0 Å². The van der Waals surface area contributed by atoms with Gasteiger partial charge in [0, 0.05) is 23.4 Å². The summed E-state index contributed by atoms with van der Waals surface area (Å²) in [4.78, 5) is 24.1. The molecule has 0 fully saturated rings. The Balaban J connectivity index is 1.91. The number of esters is 1. The van der Waals surface area contributed by atoms with Gasteiger partial charge in [-0.25, -0.2) is 9.59 Å². The van der Waals surface area contributed by atoms with E-state index >= 15 is 0 Å². The second-order valence-electron chi connectivity index (χ2n) is 6.19. The van der Waals surface area contributed by atoms with Gasteiger partial charge in [-0.2, -0.15) is 0 Å². The molecule has 0 aliphatic heterocycles. The fraction of sp³-hybridized carbons (Fsp3) is 0.182. The molecule has 0 aliphatic carbocycles. The van der Waals surface area contributed by atoms with Crippen LogP contribution in [0.4, 0.5) is 0 Å². The van der Waals surface area contributed by atoms with E-state index in [1.165, 1.54) is 12.1 Å². The molecule has 5 nitrogen and oxygen atoms in total. The van der Waals surface area contributed by atoms with Crippen LogP contribution in [-0.2, 0) is 16.0 Å². The zero-order chi connectivity index (χ0) is 20.1. The first kappa shape index (κ1) is 19.7. The van der Waals surface area contributed by atoms with E-state index in [0.717, 1.165) is 16.5 Å². The van der Waals surface area contributed by atoms with Crippen LogP contribution in [0.5, 0.6) is 5.75 Å². The normalized spacial score (nSPS) is 10.6. The Morgan fingerprint density at radius 3 is 2.71 bits per heavy atom. The Bertz CT molecular complexity index is 1070. The molecule has 1 aromatic heterocycles. The number of carbonyl (C=O) groups is 1. The Labute approximate surface area is 167 Å². The van der Waals surface area contributed by atoms with E-state index in [0.29, 0.717) is 22.6 Å². The predicted octanol–water partition coefficient (Wildman–Crippen LogP) is 4.45. The lowest BCUT2D eigenvalue weighted by Gasteiger charge is -2.11. The molecule has 28 heavy (non-hydrogen) atoms. The highest BCUT2D eigenvalue weighted by Gasteiger charge is 2.15. The lowest BCUT2D eigenvalue weighted by molar-refractivity contribution is -0.144. The average molecular weight is 399 g/mol. The van der Waals surface area contributed by atoms with Crippen molar-refractivity contribution in [3.63, 3.8) is 0 Å². The number of hydrogen-bond donors (Lipinski definition) is 0. The number of ether oxygens (including phenoxy) is 2. The molecule has 0 radical (unpaired) electrons. The maximum Gasteiger partial charge on any atom is 0.344 e. The first-order valence-electron chi connectivity index (χ1n) is 8.68. The van der Waals surface area contributed by atoms with E-state index in [4.69, 9.17) is 25.5 Å². The fourth-order valence-corrected chi connectivity index (χ4v) is 3.05. The summed E-state index contributed by atoms with van der Waals surface area (Å²) in [6.07, 6.45) is 1.93. The zero-order valence-electron chi connectivity index (χ0n) is 15.4. The molecule has 0 N–H and O–H groups in total. The van der Waals surface area contributed by atoms with Crippen molar-refractivity contribution in [2.75, 3.05) is 13.2 Å². The van der Waals surface area contributed by atoms with Crippen molar-refractivity contribution in [2.24, 2.45) is 0 Å². The maximum atomic E-state index is 12.5. The number of benzene rings is 2. The van der Waals surface area contributed by atoms with Crippen LogP contribution >= 0.6 is 11.6 Å². The first-order valence-corrected chi connectivity index (χ1v) is 9.06. The lowest BCUT2D eigenvalue weighted by atomic mass is 9.99. The maximum absolute atomic E-state index is 12.5. The quantitative estimate of drug-likeness (QED) is 0.334. The van der Waals surface area contributed by atoms with Crippen LogP contribution in [0.1, 0.15) is 16.7 Å². The van der Waals surface area contributed by atoms with Crippen LogP contribution in [0.15, 0.2) is 64.3 Å². The SMILES string of the molecule is C=CCOC(=O)COc1cc2oc(=O)c(Cc3ccccc3)c(C)c2cc1Cl. The van der Waals surface area contributed by atoms with Crippen LogP contribution < -0.4 is 10.4 Å². The minimum atomic E-state index is -0.549. The Kier molecular flexibility index (Phi) is 6.16. The Morgan fingerprint density at radius 2 is 2.00 bits per heavy atom. The van der Waals surface area contributed by atoms with Gasteiger partial charge in [-0.3, -0.25) is 0 Å². The summed E-state index contributed by atoms with van der Waals surface area (Å²) in [7, 11) is 0. The lowest BCUT2D eigenvalue weighted by Crippen LogP contribution is -2.15. The second-order valence-corrected chi connectivity index (χ2v) is 6.60. The summed E-state index contributed by atoms with van der Waals surface area (Å²) in [6.45, 7) is 5.12. The highest BCUT2D eigenvalue weighted by atomic mass is 35.5. The number of carbonyl (C=O) groups excluding carboxylic acids is 1. The van der Waals surface area contributed by atoms with E-state index in [2.05, 4.69) is 6.58 Å². The predicted molar refractivity (Wildman–Crippen MR) is 108 cm³/mol. The van der Waals surface area contributed by atoms with Gasteiger partial charge in [0.2, 0.25) is 0 Å². The van der Waals surface area contributed by atoms with Crippen molar-refractivity contribution in [2.45, 2.75) is 13.3 Å². The number of rotatable bonds is 7. The molecule has 0 amide bonds. The number of fused-ring (bicyclic) bond motifs is 1.